The maximum Gasteiger partial charge on any atom is 0.311 e. The molecule has 1 heterocycles. The lowest BCUT2D eigenvalue weighted by Crippen LogP contribution is -2.41. The number of likely N-dealkylation sites (tertiary alicyclic amines) is 1. The van der Waals surface area contributed by atoms with Gasteiger partial charge in [0.25, 0.3) is 0 Å². The van der Waals surface area contributed by atoms with Crippen LogP contribution in [0.15, 0.2) is 18.2 Å². The Labute approximate surface area is 147 Å². The van der Waals surface area contributed by atoms with Crippen molar-refractivity contribution in [2.75, 3.05) is 19.7 Å². The van der Waals surface area contributed by atoms with Crippen LogP contribution >= 0.6 is 11.6 Å². The number of aliphatic carboxylic acids is 1. The van der Waals surface area contributed by atoms with E-state index in [0.717, 1.165) is 5.56 Å². The van der Waals surface area contributed by atoms with Crippen molar-refractivity contribution in [3.8, 4) is 5.75 Å². The topological polar surface area (TPSA) is 66.8 Å². The molecule has 1 aromatic carbocycles. The standard InChI is InChI=1S/C18H24ClNO4/c1-4-24-16-13(6-5-7-14(16)19)10-15(21)20-9-8-18(11-20,12(2)3)17(22)23/h5-7,12H,4,8-11H2,1-3H3,(H,22,23). The largest absolute Gasteiger partial charge is 0.492 e. The van der Waals surface area contributed by atoms with Crippen molar-refractivity contribution in [2.24, 2.45) is 11.3 Å². The van der Waals surface area contributed by atoms with Crippen molar-refractivity contribution >= 4 is 23.5 Å². The van der Waals surface area contributed by atoms with E-state index >= 15 is 0 Å². The van der Waals surface area contributed by atoms with Crippen LogP contribution in [0.4, 0.5) is 0 Å². The average Bonchev–Trinajstić information content (AvgIpc) is 2.97. The molecular weight excluding hydrogens is 330 g/mol. The summed E-state index contributed by atoms with van der Waals surface area (Å²) >= 11 is 6.15. The maximum atomic E-state index is 12.6. The molecule has 0 saturated carbocycles. The number of benzene rings is 1. The molecule has 5 nitrogen and oxygen atoms in total. The van der Waals surface area contributed by atoms with E-state index in [-0.39, 0.29) is 24.8 Å². The maximum absolute atomic E-state index is 12.6. The molecule has 0 radical (unpaired) electrons. The average molecular weight is 354 g/mol. The smallest absolute Gasteiger partial charge is 0.311 e. The molecule has 0 bridgehead atoms. The Hall–Kier alpha value is -1.75. The van der Waals surface area contributed by atoms with E-state index in [1.54, 1.807) is 17.0 Å². The van der Waals surface area contributed by atoms with Crippen LogP contribution in [-0.4, -0.2) is 41.6 Å². The van der Waals surface area contributed by atoms with Gasteiger partial charge in [0.15, 0.2) is 0 Å². The summed E-state index contributed by atoms with van der Waals surface area (Å²) in [4.78, 5) is 26.0. The first-order valence-electron chi connectivity index (χ1n) is 8.23. The van der Waals surface area contributed by atoms with E-state index in [1.165, 1.54) is 0 Å². The lowest BCUT2D eigenvalue weighted by atomic mass is 9.76. The second-order valence-corrected chi connectivity index (χ2v) is 6.93. The van der Waals surface area contributed by atoms with Gasteiger partial charge in [0.1, 0.15) is 5.75 Å². The number of halogens is 1. The predicted molar refractivity (Wildman–Crippen MR) is 92.4 cm³/mol. The van der Waals surface area contributed by atoms with Crippen LogP contribution in [-0.2, 0) is 16.0 Å². The number of carboxylic acids is 1. The summed E-state index contributed by atoms with van der Waals surface area (Å²) in [6, 6.07) is 5.33. The number of carboxylic acid groups (broad SMARTS) is 1. The summed E-state index contributed by atoms with van der Waals surface area (Å²) in [5, 5.41) is 10.1. The Bertz CT molecular complexity index is 631. The lowest BCUT2D eigenvalue weighted by Gasteiger charge is -2.28. The van der Waals surface area contributed by atoms with E-state index in [9.17, 15) is 14.7 Å². The highest BCUT2D eigenvalue weighted by Crippen LogP contribution is 2.38. The van der Waals surface area contributed by atoms with Gasteiger partial charge in [0.2, 0.25) is 5.91 Å². The highest BCUT2D eigenvalue weighted by molar-refractivity contribution is 6.32. The predicted octanol–water partition coefficient (Wildman–Crippen LogP) is 3.24. The Morgan fingerprint density at radius 1 is 1.42 bits per heavy atom. The summed E-state index contributed by atoms with van der Waals surface area (Å²) < 4.78 is 5.55. The number of carbonyl (C=O) groups excluding carboxylic acids is 1. The van der Waals surface area contributed by atoms with Crippen molar-refractivity contribution in [1.82, 2.24) is 4.90 Å². The normalized spacial score (nSPS) is 20.5. The molecule has 0 spiro atoms. The molecule has 1 atom stereocenters. The van der Waals surface area contributed by atoms with E-state index in [4.69, 9.17) is 16.3 Å². The molecule has 1 aliphatic rings. The minimum Gasteiger partial charge on any atom is -0.492 e. The van der Waals surface area contributed by atoms with Gasteiger partial charge in [-0.1, -0.05) is 37.6 Å². The van der Waals surface area contributed by atoms with Gasteiger partial charge in [-0.15, -0.1) is 0 Å². The second kappa shape index (κ2) is 7.43. The summed E-state index contributed by atoms with van der Waals surface area (Å²) in [5.74, 6) is -0.423. The summed E-state index contributed by atoms with van der Waals surface area (Å²) in [6.07, 6.45) is 0.642. The van der Waals surface area contributed by atoms with Gasteiger partial charge in [-0.3, -0.25) is 9.59 Å². The van der Waals surface area contributed by atoms with Crippen molar-refractivity contribution in [3.05, 3.63) is 28.8 Å². The van der Waals surface area contributed by atoms with E-state index in [2.05, 4.69) is 0 Å². The van der Waals surface area contributed by atoms with Gasteiger partial charge in [-0.05, 0) is 25.3 Å². The fraction of sp³-hybridized carbons (Fsp3) is 0.556. The van der Waals surface area contributed by atoms with Crippen molar-refractivity contribution in [3.63, 3.8) is 0 Å². The zero-order valence-electron chi connectivity index (χ0n) is 14.3. The summed E-state index contributed by atoms with van der Waals surface area (Å²) in [7, 11) is 0. The zero-order valence-corrected chi connectivity index (χ0v) is 15.1. The van der Waals surface area contributed by atoms with Gasteiger partial charge in [0, 0.05) is 18.7 Å². The Kier molecular flexibility index (Phi) is 5.75. The van der Waals surface area contributed by atoms with Crippen LogP contribution in [0, 0.1) is 11.3 Å². The van der Waals surface area contributed by atoms with E-state index in [0.29, 0.717) is 30.3 Å². The minimum absolute atomic E-state index is 0.0297. The van der Waals surface area contributed by atoms with Gasteiger partial charge >= 0.3 is 5.97 Å². The number of hydrogen-bond acceptors (Lipinski definition) is 3. The second-order valence-electron chi connectivity index (χ2n) is 6.52. The molecule has 6 heteroatoms. The highest BCUT2D eigenvalue weighted by Gasteiger charge is 2.48. The fourth-order valence-electron chi connectivity index (χ4n) is 3.21. The molecule has 1 fully saturated rings. The molecule has 0 aliphatic carbocycles. The van der Waals surface area contributed by atoms with Crippen LogP contribution in [0.25, 0.3) is 0 Å². The lowest BCUT2D eigenvalue weighted by molar-refractivity contribution is -0.151. The molecule has 1 N–H and O–H groups in total. The molecule has 1 saturated heterocycles. The Morgan fingerprint density at radius 2 is 2.12 bits per heavy atom. The first-order chi connectivity index (χ1) is 11.3. The fourth-order valence-corrected chi connectivity index (χ4v) is 3.46. The first-order valence-corrected chi connectivity index (χ1v) is 8.61. The molecule has 1 aromatic rings. The van der Waals surface area contributed by atoms with E-state index < -0.39 is 11.4 Å². The van der Waals surface area contributed by atoms with Crippen molar-refractivity contribution in [1.29, 1.82) is 0 Å². The molecule has 1 unspecified atom stereocenters. The SMILES string of the molecule is CCOc1c(Cl)cccc1CC(=O)N1CCC(C(=O)O)(C(C)C)C1. The number of hydrogen-bond donors (Lipinski definition) is 1. The molecule has 0 aromatic heterocycles. The zero-order chi connectivity index (χ0) is 17.9. The molecule has 1 aliphatic heterocycles. The van der Waals surface area contributed by atoms with Crippen molar-refractivity contribution < 1.29 is 19.4 Å². The Balaban J connectivity index is 2.15. The number of nitrogens with zero attached hydrogens (tertiary/aromatic N) is 1. The van der Waals surface area contributed by atoms with E-state index in [1.807, 2.05) is 26.8 Å². The molecule has 1 amide bonds. The third-order valence-electron chi connectivity index (χ3n) is 4.86. The summed E-state index contributed by atoms with van der Waals surface area (Å²) in [5.41, 5.74) is -0.126. The first kappa shape index (κ1) is 18.6. The number of ether oxygens (including phenoxy) is 1. The third kappa shape index (κ3) is 3.51. The highest BCUT2D eigenvalue weighted by atomic mass is 35.5. The van der Waals surface area contributed by atoms with Crippen LogP contribution < -0.4 is 4.74 Å². The Morgan fingerprint density at radius 3 is 2.67 bits per heavy atom. The number of amides is 1. The molecular formula is C18H24ClNO4. The van der Waals surface area contributed by atoms with Crippen molar-refractivity contribution in [2.45, 2.75) is 33.6 Å². The minimum atomic E-state index is -0.854. The van der Waals surface area contributed by atoms with Crippen LogP contribution in [0.2, 0.25) is 5.02 Å². The molecule has 24 heavy (non-hydrogen) atoms. The molecule has 2 rings (SSSR count). The van der Waals surface area contributed by atoms with Crippen LogP contribution in [0.1, 0.15) is 32.8 Å². The molecule has 132 valence electrons. The number of rotatable bonds is 6. The van der Waals surface area contributed by atoms with Gasteiger partial charge in [0.05, 0.1) is 23.5 Å². The van der Waals surface area contributed by atoms with Gasteiger partial charge in [-0.25, -0.2) is 0 Å². The third-order valence-corrected chi connectivity index (χ3v) is 5.16. The van der Waals surface area contributed by atoms with Gasteiger partial charge < -0.3 is 14.7 Å². The number of para-hydroxylation sites is 1. The number of carbonyl (C=O) groups is 2. The van der Waals surface area contributed by atoms with Crippen LogP contribution in [0.5, 0.6) is 5.75 Å². The summed E-state index contributed by atoms with van der Waals surface area (Å²) in [6.45, 7) is 6.83. The van der Waals surface area contributed by atoms with Gasteiger partial charge in [-0.2, -0.15) is 0 Å². The quantitative estimate of drug-likeness (QED) is 0.852. The monoisotopic (exact) mass is 353 g/mol. The van der Waals surface area contributed by atoms with Crippen LogP contribution in [0.3, 0.4) is 0 Å².